The van der Waals surface area contributed by atoms with E-state index in [-0.39, 0.29) is 0 Å². The molecular weight excluding hydrogens is 274 g/mol. The van der Waals surface area contributed by atoms with Crippen molar-refractivity contribution in [1.29, 1.82) is 0 Å². The Morgan fingerprint density at radius 3 is 3.20 bits per heavy atom. The third-order valence-corrected chi connectivity index (χ3v) is 4.44. The Hall–Kier alpha value is -2.08. The number of fused-ring (bicyclic) bond motifs is 1. The van der Waals surface area contributed by atoms with Crippen LogP contribution in [-0.2, 0) is 6.54 Å². The molecule has 1 aliphatic rings. The van der Waals surface area contributed by atoms with Crippen molar-refractivity contribution < 1.29 is 4.42 Å². The molecule has 102 valence electrons. The van der Waals surface area contributed by atoms with Gasteiger partial charge >= 0.3 is 5.76 Å². The summed E-state index contributed by atoms with van der Waals surface area (Å²) in [5.74, 6) is 0.284. The highest BCUT2D eigenvalue weighted by molar-refractivity contribution is 7.09. The lowest BCUT2D eigenvalue weighted by molar-refractivity contribution is 0.555. The van der Waals surface area contributed by atoms with Crippen LogP contribution in [0, 0.1) is 0 Å². The molecular formula is C14H13N3O2S. The molecule has 0 aliphatic heterocycles. The van der Waals surface area contributed by atoms with Gasteiger partial charge in [-0.2, -0.15) is 0 Å². The van der Waals surface area contributed by atoms with Crippen molar-refractivity contribution in [3.63, 3.8) is 0 Å². The van der Waals surface area contributed by atoms with Gasteiger partial charge in [0.05, 0.1) is 22.8 Å². The molecule has 5 nitrogen and oxygen atoms in total. The normalized spacial score (nSPS) is 14.8. The predicted octanol–water partition coefficient (Wildman–Crippen LogP) is 3.07. The molecule has 1 aliphatic carbocycles. The van der Waals surface area contributed by atoms with Crippen LogP contribution in [0.2, 0.25) is 0 Å². The molecule has 3 aromatic rings. The fraction of sp³-hybridized carbons (Fsp3) is 0.286. The van der Waals surface area contributed by atoms with Gasteiger partial charge in [0.2, 0.25) is 0 Å². The van der Waals surface area contributed by atoms with Gasteiger partial charge in [-0.3, -0.25) is 4.98 Å². The Labute approximate surface area is 118 Å². The summed E-state index contributed by atoms with van der Waals surface area (Å²) < 4.78 is 4.97. The first kappa shape index (κ1) is 11.7. The number of hydrogen-bond acceptors (Lipinski definition) is 5. The molecule has 2 aromatic heterocycles. The van der Waals surface area contributed by atoms with Gasteiger partial charge in [-0.1, -0.05) is 0 Å². The average molecular weight is 287 g/mol. The number of aromatic amines is 1. The molecule has 1 aromatic carbocycles. The van der Waals surface area contributed by atoms with Crippen LogP contribution >= 0.6 is 11.3 Å². The maximum atomic E-state index is 11.1. The summed E-state index contributed by atoms with van der Waals surface area (Å²) in [6.07, 6.45) is 2.57. The minimum absolute atomic E-state index is 0.425. The van der Waals surface area contributed by atoms with Gasteiger partial charge in [-0.15, -0.1) is 11.3 Å². The molecule has 6 heteroatoms. The van der Waals surface area contributed by atoms with Crippen LogP contribution in [0.25, 0.3) is 11.1 Å². The van der Waals surface area contributed by atoms with Gasteiger partial charge in [0, 0.05) is 17.0 Å². The fourth-order valence-electron chi connectivity index (χ4n) is 2.18. The molecule has 0 bridgehead atoms. The van der Waals surface area contributed by atoms with E-state index in [1.54, 1.807) is 17.4 Å². The minimum atomic E-state index is -0.425. The van der Waals surface area contributed by atoms with Gasteiger partial charge in [0.15, 0.2) is 5.58 Å². The molecule has 1 saturated carbocycles. The molecule has 1 fully saturated rings. The smallest absolute Gasteiger partial charge is 0.408 e. The lowest BCUT2D eigenvalue weighted by atomic mass is 10.3. The van der Waals surface area contributed by atoms with Gasteiger partial charge in [0.25, 0.3) is 0 Å². The Kier molecular flexibility index (Phi) is 2.63. The highest BCUT2D eigenvalue weighted by Crippen LogP contribution is 2.41. The number of aromatic nitrogens is 2. The number of benzene rings is 1. The molecule has 0 unspecified atom stereocenters. The maximum absolute atomic E-state index is 11.1. The standard InChI is InChI=1S/C14H13N3O2S/c18-14-17-11-5-9(3-4-12(11)19-14)15-6-10-7-20-13(16-10)8-1-2-8/h3-5,7-8,15H,1-2,6H2,(H,17,18). The van der Waals surface area contributed by atoms with E-state index in [1.165, 1.54) is 17.8 Å². The summed E-state index contributed by atoms with van der Waals surface area (Å²) in [7, 11) is 0. The molecule has 0 spiro atoms. The summed E-state index contributed by atoms with van der Waals surface area (Å²) >= 11 is 1.75. The van der Waals surface area contributed by atoms with E-state index in [9.17, 15) is 4.79 Å². The molecule has 0 saturated heterocycles. The second kappa shape index (κ2) is 4.49. The van der Waals surface area contributed by atoms with Crippen LogP contribution in [0.3, 0.4) is 0 Å². The lowest BCUT2D eigenvalue weighted by Gasteiger charge is -2.03. The molecule has 0 atom stereocenters. The summed E-state index contributed by atoms with van der Waals surface area (Å²) in [6, 6.07) is 5.55. The Bertz CT molecular complexity index is 813. The molecule has 20 heavy (non-hydrogen) atoms. The highest BCUT2D eigenvalue weighted by atomic mass is 32.1. The van der Waals surface area contributed by atoms with E-state index in [1.807, 2.05) is 12.1 Å². The van der Waals surface area contributed by atoms with Crippen molar-refractivity contribution in [2.75, 3.05) is 5.32 Å². The van der Waals surface area contributed by atoms with Gasteiger partial charge in [0.1, 0.15) is 0 Å². The number of nitrogens with zero attached hydrogens (tertiary/aromatic N) is 1. The van der Waals surface area contributed by atoms with Crippen LogP contribution in [0.5, 0.6) is 0 Å². The number of nitrogens with one attached hydrogen (secondary N) is 2. The van der Waals surface area contributed by atoms with E-state index in [4.69, 9.17) is 4.42 Å². The minimum Gasteiger partial charge on any atom is -0.408 e. The second-order valence-electron chi connectivity index (χ2n) is 5.03. The largest absolute Gasteiger partial charge is 0.417 e. The molecule has 4 rings (SSSR count). The number of thiazole rings is 1. The van der Waals surface area contributed by atoms with Crippen LogP contribution < -0.4 is 11.1 Å². The van der Waals surface area contributed by atoms with E-state index in [2.05, 4.69) is 20.7 Å². The number of anilines is 1. The molecule has 2 N–H and O–H groups in total. The van der Waals surface area contributed by atoms with E-state index in [0.29, 0.717) is 23.6 Å². The second-order valence-corrected chi connectivity index (χ2v) is 5.92. The monoisotopic (exact) mass is 287 g/mol. The van der Waals surface area contributed by atoms with E-state index >= 15 is 0 Å². The number of oxazole rings is 1. The SMILES string of the molecule is O=c1[nH]c2cc(NCc3csc(C4CC4)n3)ccc2o1. The van der Waals surface area contributed by atoms with Crippen molar-refractivity contribution >= 4 is 28.1 Å². The topological polar surface area (TPSA) is 70.9 Å². The van der Waals surface area contributed by atoms with Gasteiger partial charge < -0.3 is 9.73 Å². The number of hydrogen-bond donors (Lipinski definition) is 2. The molecule has 2 heterocycles. The first-order chi connectivity index (χ1) is 9.78. The summed E-state index contributed by atoms with van der Waals surface area (Å²) in [5, 5.41) is 6.69. The maximum Gasteiger partial charge on any atom is 0.417 e. The zero-order valence-corrected chi connectivity index (χ0v) is 11.5. The van der Waals surface area contributed by atoms with Crippen LogP contribution in [-0.4, -0.2) is 9.97 Å². The summed E-state index contributed by atoms with van der Waals surface area (Å²) in [5.41, 5.74) is 3.29. The molecule has 0 amide bonds. The van der Waals surface area contributed by atoms with Crippen molar-refractivity contribution in [2.24, 2.45) is 0 Å². The zero-order chi connectivity index (χ0) is 13.5. The third-order valence-electron chi connectivity index (χ3n) is 3.39. The first-order valence-electron chi connectivity index (χ1n) is 6.59. The van der Waals surface area contributed by atoms with E-state index in [0.717, 1.165) is 11.4 Å². The Morgan fingerprint density at radius 2 is 2.35 bits per heavy atom. The summed E-state index contributed by atoms with van der Waals surface area (Å²) in [6.45, 7) is 0.691. The van der Waals surface area contributed by atoms with Crippen molar-refractivity contribution in [3.8, 4) is 0 Å². The Morgan fingerprint density at radius 1 is 1.45 bits per heavy atom. The summed E-state index contributed by atoms with van der Waals surface area (Å²) in [4.78, 5) is 18.4. The number of rotatable bonds is 4. The fourth-order valence-corrected chi connectivity index (χ4v) is 3.17. The Balaban J connectivity index is 1.49. The third kappa shape index (κ3) is 2.22. The van der Waals surface area contributed by atoms with Crippen LogP contribution in [0.4, 0.5) is 5.69 Å². The van der Waals surface area contributed by atoms with Crippen LogP contribution in [0.1, 0.15) is 29.5 Å². The quantitative estimate of drug-likeness (QED) is 0.773. The highest BCUT2D eigenvalue weighted by Gasteiger charge is 2.26. The first-order valence-corrected chi connectivity index (χ1v) is 7.47. The van der Waals surface area contributed by atoms with Gasteiger partial charge in [-0.05, 0) is 31.0 Å². The van der Waals surface area contributed by atoms with Gasteiger partial charge in [-0.25, -0.2) is 9.78 Å². The zero-order valence-electron chi connectivity index (χ0n) is 10.7. The van der Waals surface area contributed by atoms with Crippen molar-refractivity contribution in [3.05, 3.63) is 44.8 Å². The average Bonchev–Trinajstić information content (AvgIpc) is 3.06. The van der Waals surface area contributed by atoms with Crippen LogP contribution in [0.15, 0.2) is 32.8 Å². The van der Waals surface area contributed by atoms with Crippen molar-refractivity contribution in [2.45, 2.75) is 25.3 Å². The number of H-pyrrole nitrogens is 1. The predicted molar refractivity (Wildman–Crippen MR) is 78.3 cm³/mol. The lowest BCUT2D eigenvalue weighted by Crippen LogP contribution is -1.99. The van der Waals surface area contributed by atoms with E-state index < -0.39 is 5.76 Å². The van der Waals surface area contributed by atoms with Crippen molar-refractivity contribution in [1.82, 2.24) is 9.97 Å². The molecule has 0 radical (unpaired) electrons.